The van der Waals surface area contributed by atoms with Crippen molar-refractivity contribution in [1.29, 1.82) is 0 Å². The van der Waals surface area contributed by atoms with E-state index in [1.807, 2.05) is 0 Å². The molecule has 1 radical (unpaired) electrons. The molecule has 0 unspecified atom stereocenters. The van der Waals surface area contributed by atoms with E-state index in [4.69, 9.17) is 23.1 Å². The largest absolute Gasteiger partial charge is 0.0622 e. The van der Waals surface area contributed by atoms with Crippen molar-refractivity contribution >= 4 is 82.7 Å². The van der Waals surface area contributed by atoms with E-state index in [9.17, 15) is 43.9 Å². The molecule has 0 saturated heterocycles. The minimum absolute atomic E-state index is 0. The average Bonchev–Trinajstić information content (AvgIpc) is 0.664. The Morgan fingerprint density at radius 3 is 0.714 bits per heavy atom. The standard InChI is InChI=1S/C48H40NP3.C12H11P.2C6F5.4CO.2Au.Mn/c1-9-25-41(26-10-1)50(42-27-11-2-12-28-42)52(46-35-19-6-20-36-46,47-37-21-7-22-38-47,48-39-23-8-24-40-48)49-51(43-29-13-3-14-30-43,44-31-15-4-16-32-44)45-33-17-5-18-34-45;1-3-7-11(8-4-1)13-12-9-5-2-6-10-12;2*7-2-1-3(8)5(10)6(11)4(2)9;4*1-2;;;/h1-40H;1-10,13H;;;;;;;;;/q;;2*-1;;;;;2*+1;. The van der Waals surface area contributed by atoms with Gasteiger partial charge in [0.2, 0.25) is 0 Å². The summed E-state index contributed by atoms with van der Waals surface area (Å²) in [6, 6.07) is 113. The first-order chi connectivity index (χ1) is 46.3. The van der Waals surface area contributed by atoms with E-state index in [1.165, 1.54) is 53.0 Å². The zero-order valence-corrected chi connectivity index (χ0v) is 59.7. The van der Waals surface area contributed by atoms with Gasteiger partial charge in [0.15, 0.2) is 0 Å². The van der Waals surface area contributed by atoms with Crippen LogP contribution in [0.5, 0.6) is 0 Å². The molecule has 0 aliphatic carbocycles. The molecular formula is C76H51Au2F10MnNO4P4. The molecule has 503 valence electrons. The van der Waals surface area contributed by atoms with Gasteiger partial charge in [0.05, 0.1) is 58.2 Å². The second-order valence-electron chi connectivity index (χ2n) is 19.0. The second-order valence-corrected chi connectivity index (χ2v) is 32.7. The van der Waals surface area contributed by atoms with Gasteiger partial charge in [-0.2, -0.15) is 0 Å². The maximum Gasteiger partial charge on any atom is -0.0226 e. The fraction of sp³-hybridized carbons (Fsp3) is 0. The normalized spacial score (nSPS) is 10.3. The third-order valence-corrected chi connectivity index (χ3v) is 33.2. The average molecular weight is 1800 g/mol. The molecule has 5 nitrogen and oxygen atoms in total. The maximum atomic E-state index is 12.0. The van der Waals surface area contributed by atoms with Gasteiger partial charge in [-0.3, -0.25) is 17.6 Å². The number of rotatable bonds is 12. The first kappa shape index (κ1) is 86.5. The second kappa shape index (κ2) is 44.4. The Labute approximate surface area is 607 Å². The van der Waals surface area contributed by atoms with Crippen molar-refractivity contribution in [2.75, 3.05) is 0 Å². The van der Waals surface area contributed by atoms with Crippen molar-refractivity contribution in [2.45, 2.75) is 0 Å². The Morgan fingerprint density at radius 2 is 0.490 bits per heavy atom. The van der Waals surface area contributed by atoms with E-state index in [1.54, 1.807) is 0 Å². The van der Waals surface area contributed by atoms with Crippen LogP contribution < -0.4 is 53.0 Å². The van der Waals surface area contributed by atoms with E-state index >= 15 is 0 Å². The molecular weight excluding hydrogens is 1750 g/mol. The van der Waals surface area contributed by atoms with Gasteiger partial charge in [-0.1, -0.05) is 69.2 Å². The minimum atomic E-state index is -4.10. The number of benzene rings is 12. The van der Waals surface area contributed by atoms with E-state index in [0.29, 0.717) is 0 Å². The zero-order chi connectivity index (χ0) is 69.3. The molecule has 0 atom stereocenters. The van der Waals surface area contributed by atoms with Crippen molar-refractivity contribution in [2.24, 2.45) is 4.52 Å². The van der Waals surface area contributed by atoms with Crippen molar-refractivity contribution in [1.82, 2.24) is 0 Å². The summed E-state index contributed by atoms with van der Waals surface area (Å²) in [5.74, 6) is -20.1. The molecule has 0 aromatic heterocycles. The van der Waals surface area contributed by atoms with Gasteiger partial charge < -0.3 is 0 Å². The quantitative estimate of drug-likeness (QED) is 0.0222. The van der Waals surface area contributed by atoms with Gasteiger partial charge in [0, 0.05) is 17.1 Å². The van der Waals surface area contributed by atoms with Crippen LogP contribution in [0, 0.1) is 96.9 Å². The Hall–Kier alpha value is -7.58. The zero-order valence-electron chi connectivity index (χ0n) is 50.5. The molecule has 0 heterocycles. The molecule has 0 spiro atoms. The summed E-state index contributed by atoms with van der Waals surface area (Å²) in [4.78, 5) is 0. The van der Waals surface area contributed by atoms with Crippen LogP contribution in [0.2, 0.25) is 0 Å². The summed E-state index contributed by atoms with van der Waals surface area (Å²) in [5.41, 5.74) is 0. The predicted octanol–water partition coefficient (Wildman–Crippen LogP) is 16.2. The Morgan fingerprint density at radius 1 is 0.296 bits per heavy atom. The van der Waals surface area contributed by atoms with Crippen LogP contribution in [0.3, 0.4) is 0 Å². The fourth-order valence-electron chi connectivity index (χ4n) is 9.85. The maximum absolute atomic E-state index is 12.0. The van der Waals surface area contributed by atoms with Crippen molar-refractivity contribution < 1.29 is 124 Å². The van der Waals surface area contributed by atoms with Gasteiger partial charge >= 0.3 is 401 Å². The van der Waals surface area contributed by atoms with Gasteiger partial charge in [-0.15, -0.1) is 12.1 Å². The molecule has 12 aromatic rings. The number of halogens is 10. The third-order valence-electron chi connectivity index (χ3n) is 13.6. The molecule has 0 fully saturated rings. The fourth-order valence-corrected chi connectivity index (χ4v) is 33.0. The smallest absolute Gasteiger partial charge is 0.0226 e. The number of nitrogens with zero attached hydrogens (tertiary/aromatic N) is 1. The summed E-state index contributed by atoms with van der Waals surface area (Å²) < 4.78 is 157. The van der Waals surface area contributed by atoms with Gasteiger partial charge in [0.25, 0.3) is 0 Å². The minimum Gasteiger partial charge on any atom is -0.0622 e. The van der Waals surface area contributed by atoms with Crippen molar-refractivity contribution in [3.63, 3.8) is 0 Å². The molecule has 0 aliphatic rings. The van der Waals surface area contributed by atoms with Crippen LogP contribution in [0.25, 0.3) is 0 Å². The Balaban J connectivity index is 0.000000575. The summed E-state index contributed by atoms with van der Waals surface area (Å²) in [6.07, 6.45) is -4.10. The van der Waals surface area contributed by atoms with Crippen LogP contribution in [-0.2, 0) is 80.4 Å². The predicted molar refractivity (Wildman–Crippen MR) is 358 cm³/mol. The van der Waals surface area contributed by atoms with E-state index < -0.39 is 79.3 Å². The molecule has 12 aromatic carbocycles. The first-order valence-corrected chi connectivity index (χ1v) is 34.7. The van der Waals surface area contributed by atoms with E-state index in [-0.39, 0.29) is 61.8 Å². The summed E-state index contributed by atoms with van der Waals surface area (Å²) in [7, 11) is -3.31. The monoisotopic (exact) mass is 1800 g/mol. The summed E-state index contributed by atoms with van der Waals surface area (Å²) in [5, 5.41) is 12.9. The number of hydrogen-bond acceptors (Lipinski definition) is 1. The molecule has 0 bridgehead atoms. The number of hydrogen-bond donors (Lipinski definition) is 0. The van der Waals surface area contributed by atoms with Crippen LogP contribution in [0.4, 0.5) is 43.9 Å². The molecule has 98 heavy (non-hydrogen) atoms. The molecule has 22 heteroatoms. The molecule has 0 aliphatic heterocycles. The van der Waals surface area contributed by atoms with E-state index in [0.717, 1.165) is 20.7 Å². The van der Waals surface area contributed by atoms with Gasteiger partial charge in [0.1, 0.15) is 0 Å². The molecule has 0 N–H and O–H groups in total. The van der Waals surface area contributed by atoms with Crippen LogP contribution >= 0.6 is 29.7 Å². The van der Waals surface area contributed by atoms with E-state index in [2.05, 4.69) is 330 Å². The van der Waals surface area contributed by atoms with Crippen LogP contribution in [0.1, 0.15) is 0 Å². The third kappa shape index (κ3) is 20.5. The van der Waals surface area contributed by atoms with Gasteiger partial charge in [-0.25, -0.2) is 26.3 Å². The molecule has 0 amide bonds. The van der Waals surface area contributed by atoms with Crippen molar-refractivity contribution in [3.8, 4) is 0 Å². The Kier molecular flexibility index (Phi) is 39.2. The van der Waals surface area contributed by atoms with Crippen LogP contribution in [-0.4, -0.2) is 0 Å². The van der Waals surface area contributed by atoms with Crippen LogP contribution in [0.15, 0.2) is 308 Å². The summed E-state index contributed by atoms with van der Waals surface area (Å²) >= 11 is 0. The molecule has 0 saturated carbocycles. The van der Waals surface area contributed by atoms with Gasteiger partial charge in [-0.05, 0) is 10.6 Å². The Bertz CT molecular complexity index is 4030. The summed E-state index contributed by atoms with van der Waals surface area (Å²) in [6.45, 7) is 18.0. The molecule has 12 rings (SSSR count). The topological polar surface area (TPSA) is 92.0 Å². The van der Waals surface area contributed by atoms with Crippen molar-refractivity contribution in [3.05, 3.63) is 400 Å². The first-order valence-electron chi connectivity index (χ1n) is 27.7. The SMILES string of the molecule is Fc1[c-]c(F)c(F)c(F)c1F.Fc1[c-]c(F)c(F)c(F)c1F.[Au+].[Au+].[C-]#[O+].[C-]#[O+].[C-]#[O+].[C-]#[O+].[Mn].c1ccc(P(c2ccccc2)P(N=P(c2ccccc2)(c2ccccc2)c2ccccc2)(c2ccccc2)(c2ccccc2)c2ccccc2)cc1.c1ccc(Pc2ccccc2)cc1.